The number of nitrogens with zero attached hydrogens (tertiary/aromatic N) is 2. The van der Waals surface area contributed by atoms with E-state index in [0.29, 0.717) is 23.1 Å². The molecule has 6 atom stereocenters. The minimum absolute atomic E-state index is 0.0455. The molecule has 7 rings (SSSR count). The Balaban J connectivity index is 1.33. The van der Waals surface area contributed by atoms with Crippen LogP contribution in [0.25, 0.3) is 0 Å². The van der Waals surface area contributed by atoms with Crippen LogP contribution in [-0.4, -0.2) is 29.3 Å². The van der Waals surface area contributed by atoms with Crippen molar-refractivity contribution < 1.29 is 14.4 Å². The zero-order valence-corrected chi connectivity index (χ0v) is 17.3. The van der Waals surface area contributed by atoms with E-state index in [1.54, 1.807) is 17.0 Å². The molecule has 5 heteroatoms. The number of likely N-dealkylation sites (tertiary alicyclic amines) is 1. The molecule has 0 radical (unpaired) electrons. The van der Waals surface area contributed by atoms with E-state index in [1.165, 1.54) is 4.90 Å². The largest absolute Gasteiger partial charge is 0.290 e. The molecule has 0 aromatic heterocycles. The number of rotatable bonds is 4. The van der Waals surface area contributed by atoms with Crippen LogP contribution in [0.5, 0.6) is 0 Å². The first-order valence-electron chi connectivity index (χ1n) is 11.0. The van der Waals surface area contributed by atoms with E-state index >= 15 is 0 Å². The van der Waals surface area contributed by atoms with Gasteiger partial charge in [0.05, 0.1) is 11.8 Å². The summed E-state index contributed by atoms with van der Waals surface area (Å²) >= 11 is 0. The minimum atomic E-state index is -0.252. The summed E-state index contributed by atoms with van der Waals surface area (Å²) in [5.41, 5.74) is 2.28. The standard InChI is InChI=1S/C26H24N2O3/c1-15-7-9-16(10-8-15)24(29)27(17-5-3-2-4-6-17)14-28-25(30)22-18-11-12-19(21-13-20(18)21)23(22)26(28)31/h2-12,18-23H,13-14H2,1H3. The highest BCUT2D eigenvalue weighted by Crippen LogP contribution is 2.65. The Morgan fingerprint density at radius 2 is 1.48 bits per heavy atom. The number of benzene rings is 2. The van der Waals surface area contributed by atoms with Crippen molar-refractivity contribution >= 4 is 23.4 Å². The summed E-state index contributed by atoms with van der Waals surface area (Å²) in [6.45, 7) is 1.93. The van der Waals surface area contributed by atoms with Gasteiger partial charge in [-0.15, -0.1) is 0 Å². The van der Waals surface area contributed by atoms with E-state index in [-0.39, 0.29) is 48.1 Å². The summed E-state index contributed by atoms with van der Waals surface area (Å²) in [5.74, 6) is 0.538. The Hall–Kier alpha value is -3.21. The Bertz CT molecular complexity index is 1070. The van der Waals surface area contributed by atoms with Crippen LogP contribution in [0.3, 0.4) is 0 Å². The molecule has 2 aromatic carbocycles. The third-order valence-corrected chi connectivity index (χ3v) is 7.65. The number of hydrogen-bond acceptors (Lipinski definition) is 3. The topological polar surface area (TPSA) is 57.7 Å². The average molecular weight is 412 g/mol. The first-order chi connectivity index (χ1) is 15.0. The monoisotopic (exact) mass is 412 g/mol. The Morgan fingerprint density at radius 3 is 2.06 bits per heavy atom. The van der Waals surface area contributed by atoms with Crippen molar-refractivity contribution in [2.24, 2.45) is 35.5 Å². The summed E-state index contributed by atoms with van der Waals surface area (Å²) < 4.78 is 0. The van der Waals surface area contributed by atoms with Crippen LogP contribution in [0, 0.1) is 42.4 Å². The molecule has 0 spiro atoms. The first kappa shape index (κ1) is 18.6. The fourth-order valence-electron chi connectivity index (χ4n) is 6.02. The second kappa shape index (κ2) is 6.64. The molecule has 0 N–H and O–H groups in total. The highest BCUT2D eigenvalue weighted by atomic mass is 16.2. The Morgan fingerprint density at radius 1 is 0.903 bits per heavy atom. The lowest BCUT2D eigenvalue weighted by Crippen LogP contribution is -2.45. The molecule has 2 saturated carbocycles. The number of allylic oxidation sites excluding steroid dienone is 2. The van der Waals surface area contributed by atoms with E-state index in [1.807, 2.05) is 49.4 Å². The number of aryl methyl sites for hydroxylation is 1. The molecule has 6 unspecified atom stereocenters. The van der Waals surface area contributed by atoms with Crippen LogP contribution in [0.2, 0.25) is 0 Å². The molecule has 3 amide bonds. The van der Waals surface area contributed by atoms with Gasteiger partial charge in [0, 0.05) is 11.3 Å². The number of carbonyl (C=O) groups excluding carboxylic acids is 3. The van der Waals surface area contributed by atoms with Gasteiger partial charge in [0.25, 0.3) is 5.91 Å². The smallest absolute Gasteiger partial charge is 0.259 e. The van der Waals surface area contributed by atoms with Crippen molar-refractivity contribution in [2.45, 2.75) is 13.3 Å². The maximum Gasteiger partial charge on any atom is 0.259 e. The molecule has 5 aliphatic rings. The maximum atomic E-state index is 13.4. The molecular formula is C26H24N2O3. The number of imide groups is 1. The second-order valence-corrected chi connectivity index (χ2v) is 9.34. The van der Waals surface area contributed by atoms with Gasteiger partial charge in [-0.05, 0) is 61.3 Å². The summed E-state index contributed by atoms with van der Waals surface area (Å²) in [6.07, 6.45) is 5.47. The number of anilines is 1. The maximum absolute atomic E-state index is 13.4. The van der Waals surface area contributed by atoms with E-state index in [9.17, 15) is 14.4 Å². The van der Waals surface area contributed by atoms with Gasteiger partial charge in [-0.1, -0.05) is 48.0 Å². The van der Waals surface area contributed by atoms with Gasteiger partial charge >= 0.3 is 0 Å². The Labute approximate surface area is 181 Å². The highest BCUT2D eigenvalue weighted by molar-refractivity contribution is 6.09. The zero-order chi connectivity index (χ0) is 21.3. The molecule has 5 nitrogen and oxygen atoms in total. The molecular weight excluding hydrogens is 388 g/mol. The van der Waals surface area contributed by atoms with Crippen molar-refractivity contribution in [3.63, 3.8) is 0 Å². The average Bonchev–Trinajstić information content (AvgIpc) is 3.58. The van der Waals surface area contributed by atoms with Gasteiger partial charge in [-0.3, -0.25) is 24.2 Å². The van der Waals surface area contributed by atoms with Gasteiger partial charge in [-0.2, -0.15) is 0 Å². The third-order valence-electron chi connectivity index (χ3n) is 7.65. The predicted molar refractivity (Wildman–Crippen MR) is 116 cm³/mol. The molecule has 1 heterocycles. The normalized spacial score (nSPS) is 32.1. The molecule has 31 heavy (non-hydrogen) atoms. The summed E-state index contributed by atoms with van der Waals surface area (Å²) in [7, 11) is 0. The van der Waals surface area contributed by atoms with E-state index in [4.69, 9.17) is 0 Å². The summed E-state index contributed by atoms with van der Waals surface area (Å²) in [4.78, 5) is 43.1. The quantitative estimate of drug-likeness (QED) is 0.569. The molecule has 156 valence electrons. The van der Waals surface area contributed by atoms with Crippen molar-refractivity contribution in [3.8, 4) is 0 Å². The van der Waals surface area contributed by atoms with E-state index in [2.05, 4.69) is 12.2 Å². The highest BCUT2D eigenvalue weighted by Gasteiger charge is 2.67. The van der Waals surface area contributed by atoms with Crippen molar-refractivity contribution in [1.29, 1.82) is 0 Å². The first-order valence-corrected chi connectivity index (χ1v) is 11.0. The van der Waals surface area contributed by atoms with Gasteiger partial charge in [0.15, 0.2) is 0 Å². The number of hydrogen-bond donors (Lipinski definition) is 0. The number of amides is 3. The number of para-hydroxylation sites is 1. The molecule has 1 saturated heterocycles. The molecule has 1 aliphatic heterocycles. The van der Waals surface area contributed by atoms with Crippen LogP contribution in [-0.2, 0) is 9.59 Å². The fraction of sp³-hybridized carbons (Fsp3) is 0.346. The van der Waals surface area contributed by atoms with Crippen LogP contribution in [0.1, 0.15) is 22.3 Å². The third kappa shape index (κ3) is 2.72. The molecule has 2 bridgehead atoms. The zero-order valence-electron chi connectivity index (χ0n) is 17.3. The van der Waals surface area contributed by atoms with Crippen LogP contribution >= 0.6 is 0 Å². The van der Waals surface area contributed by atoms with Crippen LogP contribution < -0.4 is 4.90 Å². The lowest BCUT2D eigenvalue weighted by Gasteiger charge is -2.37. The number of carbonyl (C=O) groups is 3. The van der Waals surface area contributed by atoms with E-state index in [0.717, 1.165) is 12.0 Å². The van der Waals surface area contributed by atoms with Gasteiger partial charge in [-0.25, -0.2) is 0 Å². The van der Waals surface area contributed by atoms with Crippen molar-refractivity contribution in [3.05, 3.63) is 77.9 Å². The summed E-state index contributed by atoms with van der Waals surface area (Å²) in [5, 5.41) is 0. The molecule has 3 fully saturated rings. The second-order valence-electron chi connectivity index (χ2n) is 9.34. The van der Waals surface area contributed by atoms with Crippen molar-refractivity contribution in [2.75, 3.05) is 11.6 Å². The molecule has 2 aromatic rings. The van der Waals surface area contributed by atoms with E-state index < -0.39 is 0 Å². The summed E-state index contributed by atoms with van der Waals surface area (Å²) in [6, 6.07) is 16.6. The van der Waals surface area contributed by atoms with Crippen molar-refractivity contribution in [1.82, 2.24) is 4.90 Å². The lowest BCUT2D eigenvalue weighted by molar-refractivity contribution is -0.140. The lowest BCUT2D eigenvalue weighted by atomic mass is 9.63. The predicted octanol–water partition coefficient (Wildman–Crippen LogP) is 3.65. The molecule has 4 aliphatic carbocycles. The SMILES string of the molecule is Cc1ccc(C(=O)N(CN2C(=O)C3C4C=CC(C5CC45)C3C2=O)c2ccccc2)cc1. The van der Waals surface area contributed by atoms with Gasteiger partial charge < -0.3 is 0 Å². The fourth-order valence-corrected chi connectivity index (χ4v) is 6.02. The van der Waals surface area contributed by atoms with Gasteiger partial charge in [0.1, 0.15) is 6.67 Å². The Kier molecular flexibility index (Phi) is 3.98. The van der Waals surface area contributed by atoms with Crippen LogP contribution in [0.4, 0.5) is 5.69 Å². The van der Waals surface area contributed by atoms with Gasteiger partial charge in [0.2, 0.25) is 11.8 Å². The van der Waals surface area contributed by atoms with Crippen LogP contribution in [0.15, 0.2) is 66.7 Å². The minimum Gasteiger partial charge on any atom is -0.290 e.